The maximum Gasteiger partial charge on any atom is 0.287 e. The van der Waals surface area contributed by atoms with Gasteiger partial charge in [-0.1, -0.05) is 31.2 Å². The number of carbonyl (C=O) groups excluding carboxylic acids is 1. The van der Waals surface area contributed by atoms with E-state index in [-0.39, 0.29) is 18.0 Å². The molecule has 1 aliphatic heterocycles. The Bertz CT molecular complexity index is 898. The van der Waals surface area contributed by atoms with Crippen molar-refractivity contribution in [3.63, 3.8) is 0 Å². The first kappa shape index (κ1) is 18.4. The van der Waals surface area contributed by atoms with Gasteiger partial charge in [-0.05, 0) is 44.7 Å². The molecule has 0 spiro atoms. The number of amides is 1. The molecular formula is C22H26N2O2S. The molecule has 27 heavy (non-hydrogen) atoms. The van der Waals surface area contributed by atoms with Gasteiger partial charge in [0.25, 0.3) is 5.91 Å². The summed E-state index contributed by atoms with van der Waals surface area (Å²) in [4.78, 5) is 17.7. The summed E-state index contributed by atoms with van der Waals surface area (Å²) in [5, 5.41) is 4.71. The van der Waals surface area contributed by atoms with E-state index in [0.717, 1.165) is 46.8 Å². The average molecular weight is 383 g/mol. The number of aliphatic imine (C=N–C) groups is 1. The zero-order valence-corrected chi connectivity index (χ0v) is 17.2. The topological polar surface area (TPSA) is 54.6 Å². The van der Waals surface area contributed by atoms with Crippen molar-refractivity contribution in [3.8, 4) is 0 Å². The normalized spacial score (nSPS) is 22.0. The number of furan rings is 1. The highest BCUT2D eigenvalue weighted by Gasteiger charge is 2.39. The van der Waals surface area contributed by atoms with Crippen LogP contribution < -0.4 is 5.32 Å². The smallest absolute Gasteiger partial charge is 0.287 e. The number of aryl methyl sites for hydroxylation is 2. The Morgan fingerprint density at radius 3 is 2.78 bits per heavy atom. The van der Waals surface area contributed by atoms with Crippen molar-refractivity contribution in [3.05, 3.63) is 58.0 Å². The third-order valence-electron chi connectivity index (χ3n) is 5.66. The standard InChI is InChI=1S/C22H26N2O2S/c1-5-15-6-8-16(9-7-15)13(3)23-22(25)21-12(2)19-17(26-21)10-11-18-20(19)24-14(4)27-18/h6-9,13,18,20H,5,10-11H2,1-4H3,(H,23,25). The molecule has 5 heteroatoms. The Hall–Kier alpha value is -2.01. The highest BCUT2D eigenvalue weighted by Crippen LogP contribution is 2.47. The maximum absolute atomic E-state index is 12.9. The van der Waals surface area contributed by atoms with E-state index in [0.29, 0.717) is 11.0 Å². The summed E-state index contributed by atoms with van der Waals surface area (Å²) < 4.78 is 6.02. The van der Waals surface area contributed by atoms with Gasteiger partial charge in [-0.2, -0.15) is 0 Å². The molecule has 2 heterocycles. The van der Waals surface area contributed by atoms with Crippen LogP contribution in [0.25, 0.3) is 0 Å². The lowest BCUT2D eigenvalue weighted by Crippen LogP contribution is -2.27. The van der Waals surface area contributed by atoms with Crippen molar-refractivity contribution < 1.29 is 9.21 Å². The van der Waals surface area contributed by atoms with Crippen molar-refractivity contribution in [2.24, 2.45) is 4.99 Å². The minimum atomic E-state index is -0.142. The summed E-state index contributed by atoms with van der Waals surface area (Å²) in [6, 6.07) is 8.48. The van der Waals surface area contributed by atoms with Crippen LogP contribution in [0.1, 0.15) is 77.8 Å². The molecule has 0 radical (unpaired) electrons. The van der Waals surface area contributed by atoms with Gasteiger partial charge in [0.05, 0.1) is 17.1 Å². The molecule has 0 saturated carbocycles. The summed E-state index contributed by atoms with van der Waals surface area (Å²) in [6.45, 7) is 8.21. The number of nitrogens with one attached hydrogen (secondary N) is 1. The lowest BCUT2D eigenvalue weighted by Gasteiger charge is -2.22. The van der Waals surface area contributed by atoms with E-state index in [2.05, 4.69) is 43.4 Å². The Kier molecular flexibility index (Phi) is 4.89. The maximum atomic E-state index is 12.9. The quantitative estimate of drug-likeness (QED) is 0.794. The number of fused-ring (bicyclic) bond motifs is 3. The molecule has 0 saturated heterocycles. The Labute approximate surface area is 164 Å². The number of hydrogen-bond acceptors (Lipinski definition) is 4. The molecule has 1 aromatic carbocycles. The molecule has 0 fully saturated rings. The molecular weight excluding hydrogens is 356 g/mol. The molecule has 2 aliphatic rings. The minimum absolute atomic E-state index is 0.0695. The minimum Gasteiger partial charge on any atom is -0.455 e. The average Bonchev–Trinajstić information content (AvgIpc) is 3.20. The van der Waals surface area contributed by atoms with Gasteiger partial charge in [-0.15, -0.1) is 11.8 Å². The monoisotopic (exact) mass is 382 g/mol. The van der Waals surface area contributed by atoms with Gasteiger partial charge in [0, 0.05) is 22.8 Å². The fourth-order valence-corrected chi connectivity index (χ4v) is 5.27. The van der Waals surface area contributed by atoms with Crippen LogP contribution in [-0.4, -0.2) is 16.2 Å². The van der Waals surface area contributed by atoms with Crippen molar-refractivity contribution in [2.45, 2.75) is 64.3 Å². The number of thioether (sulfide) groups is 1. The highest BCUT2D eigenvalue weighted by molar-refractivity contribution is 8.14. The van der Waals surface area contributed by atoms with Gasteiger partial charge in [-0.3, -0.25) is 9.79 Å². The summed E-state index contributed by atoms with van der Waals surface area (Å²) in [5.74, 6) is 1.25. The molecule has 1 N–H and O–H groups in total. The summed E-state index contributed by atoms with van der Waals surface area (Å²) >= 11 is 1.86. The van der Waals surface area contributed by atoms with E-state index < -0.39 is 0 Å². The molecule has 1 aromatic heterocycles. The number of hydrogen-bond donors (Lipinski definition) is 1. The van der Waals surface area contributed by atoms with Crippen LogP contribution in [0.5, 0.6) is 0 Å². The van der Waals surface area contributed by atoms with Crippen LogP contribution in [-0.2, 0) is 12.8 Å². The molecule has 142 valence electrons. The van der Waals surface area contributed by atoms with Crippen LogP contribution in [0.2, 0.25) is 0 Å². The summed E-state index contributed by atoms with van der Waals surface area (Å²) in [6.07, 6.45) is 2.95. The SMILES string of the molecule is CCc1ccc(C(C)NC(=O)c2oc3c(c2C)C2N=C(C)SC2CC3)cc1. The molecule has 3 atom stereocenters. The molecule has 3 unspecified atom stereocenters. The summed E-state index contributed by atoms with van der Waals surface area (Å²) in [7, 11) is 0. The van der Waals surface area contributed by atoms with Crippen LogP contribution in [0.4, 0.5) is 0 Å². The van der Waals surface area contributed by atoms with Crippen molar-refractivity contribution in [2.75, 3.05) is 0 Å². The molecule has 4 rings (SSSR count). The van der Waals surface area contributed by atoms with E-state index in [1.54, 1.807) is 0 Å². The van der Waals surface area contributed by atoms with Crippen LogP contribution in [0.3, 0.4) is 0 Å². The number of rotatable bonds is 4. The van der Waals surface area contributed by atoms with Gasteiger partial charge in [-0.25, -0.2) is 0 Å². The predicted molar refractivity (Wildman–Crippen MR) is 111 cm³/mol. The van der Waals surface area contributed by atoms with Crippen LogP contribution in [0, 0.1) is 6.92 Å². The van der Waals surface area contributed by atoms with Gasteiger partial charge in [0.1, 0.15) is 5.76 Å². The third-order valence-corrected chi connectivity index (χ3v) is 6.90. The lowest BCUT2D eigenvalue weighted by molar-refractivity contribution is 0.0909. The van der Waals surface area contributed by atoms with Gasteiger partial charge < -0.3 is 9.73 Å². The first-order valence-corrected chi connectivity index (χ1v) is 10.6. The second-order valence-corrected chi connectivity index (χ2v) is 8.90. The van der Waals surface area contributed by atoms with Crippen molar-refractivity contribution in [1.29, 1.82) is 0 Å². The zero-order chi connectivity index (χ0) is 19.1. The lowest BCUT2D eigenvalue weighted by atomic mass is 9.90. The predicted octanol–water partition coefficient (Wildman–Crippen LogP) is 5.16. The molecule has 4 nitrogen and oxygen atoms in total. The van der Waals surface area contributed by atoms with E-state index in [1.165, 1.54) is 5.56 Å². The third kappa shape index (κ3) is 3.33. The first-order chi connectivity index (χ1) is 13.0. The van der Waals surface area contributed by atoms with E-state index >= 15 is 0 Å². The Balaban J connectivity index is 1.55. The first-order valence-electron chi connectivity index (χ1n) is 9.70. The zero-order valence-electron chi connectivity index (χ0n) is 16.3. The second kappa shape index (κ2) is 7.19. The van der Waals surface area contributed by atoms with Gasteiger partial charge in [0.15, 0.2) is 5.76 Å². The molecule has 1 aliphatic carbocycles. The Morgan fingerprint density at radius 2 is 2.07 bits per heavy atom. The highest BCUT2D eigenvalue weighted by atomic mass is 32.2. The van der Waals surface area contributed by atoms with Gasteiger partial charge >= 0.3 is 0 Å². The Morgan fingerprint density at radius 1 is 1.33 bits per heavy atom. The molecule has 0 bridgehead atoms. The van der Waals surface area contributed by atoms with E-state index in [9.17, 15) is 4.79 Å². The molecule has 2 aromatic rings. The fraction of sp³-hybridized carbons (Fsp3) is 0.455. The number of benzene rings is 1. The largest absolute Gasteiger partial charge is 0.455 e. The second-order valence-electron chi connectivity index (χ2n) is 7.47. The summed E-state index contributed by atoms with van der Waals surface area (Å²) in [5.41, 5.74) is 4.49. The van der Waals surface area contributed by atoms with Crippen LogP contribution in [0.15, 0.2) is 33.7 Å². The molecule has 1 amide bonds. The van der Waals surface area contributed by atoms with E-state index in [4.69, 9.17) is 9.41 Å². The van der Waals surface area contributed by atoms with Gasteiger partial charge in [0.2, 0.25) is 0 Å². The number of nitrogens with zero attached hydrogens (tertiary/aromatic N) is 1. The van der Waals surface area contributed by atoms with Crippen molar-refractivity contribution in [1.82, 2.24) is 5.32 Å². The fourth-order valence-electron chi connectivity index (χ4n) is 4.10. The van der Waals surface area contributed by atoms with Crippen LogP contribution >= 0.6 is 11.8 Å². The number of carbonyl (C=O) groups is 1. The van der Waals surface area contributed by atoms with E-state index in [1.807, 2.05) is 25.6 Å². The van der Waals surface area contributed by atoms with Crippen molar-refractivity contribution >= 4 is 22.7 Å².